The van der Waals surface area contributed by atoms with Crippen LogP contribution in [0.4, 0.5) is 5.82 Å². The molecule has 0 aliphatic carbocycles. The van der Waals surface area contributed by atoms with Crippen LogP contribution in [0.25, 0.3) is 10.8 Å². The van der Waals surface area contributed by atoms with Crippen molar-refractivity contribution in [3.05, 3.63) is 51.3 Å². The Morgan fingerprint density at radius 1 is 1.25 bits per heavy atom. The van der Waals surface area contributed by atoms with Crippen LogP contribution in [0.15, 0.2) is 46.4 Å². The van der Waals surface area contributed by atoms with Gasteiger partial charge in [-0.2, -0.15) is 0 Å². The number of ether oxygens (including phenoxy) is 1. The van der Waals surface area contributed by atoms with Crippen molar-refractivity contribution in [1.82, 2.24) is 4.98 Å². The summed E-state index contributed by atoms with van der Waals surface area (Å²) in [5, 5.41) is 5.61. The molecule has 1 N–H and O–H groups in total. The lowest BCUT2D eigenvalue weighted by atomic mass is 10.1. The van der Waals surface area contributed by atoms with Crippen LogP contribution in [0.3, 0.4) is 0 Å². The van der Waals surface area contributed by atoms with E-state index in [1.807, 2.05) is 30.5 Å². The molecular formula is C15H13BrN2OS. The normalized spacial score (nSPS) is 10.7. The van der Waals surface area contributed by atoms with Crippen molar-refractivity contribution in [2.75, 3.05) is 12.4 Å². The quantitative estimate of drug-likeness (QED) is 0.743. The average molecular weight is 349 g/mol. The zero-order chi connectivity index (χ0) is 13.9. The SMILES string of the molecule is COc1ccc2ccnc(NCc3ccc(Br)s3)c2c1. The van der Waals surface area contributed by atoms with Crippen LogP contribution in [0.2, 0.25) is 0 Å². The van der Waals surface area contributed by atoms with Gasteiger partial charge in [0, 0.05) is 16.5 Å². The summed E-state index contributed by atoms with van der Waals surface area (Å²) in [4.78, 5) is 5.69. The Labute approximate surface area is 129 Å². The minimum Gasteiger partial charge on any atom is -0.497 e. The second kappa shape index (κ2) is 5.81. The minimum absolute atomic E-state index is 0.763. The summed E-state index contributed by atoms with van der Waals surface area (Å²) in [6.45, 7) is 0.763. The van der Waals surface area contributed by atoms with Gasteiger partial charge >= 0.3 is 0 Å². The highest BCUT2D eigenvalue weighted by Crippen LogP contribution is 2.27. The number of rotatable bonds is 4. The van der Waals surface area contributed by atoms with Gasteiger partial charge < -0.3 is 10.1 Å². The monoisotopic (exact) mass is 348 g/mol. The van der Waals surface area contributed by atoms with Crippen LogP contribution in [-0.2, 0) is 6.54 Å². The molecule has 0 unspecified atom stereocenters. The van der Waals surface area contributed by atoms with Gasteiger partial charge in [0.1, 0.15) is 11.6 Å². The molecule has 0 fully saturated rings. The highest BCUT2D eigenvalue weighted by molar-refractivity contribution is 9.11. The largest absolute Gasteiger partial charge is 0.497 e. The molecule has 1 aromatic carbocycles. The Morgan fingerprint density at radius 2 is 2.15 bits per heavy atom. The van der Waals surface area contributed by atoms with Crippen LogP contribution in [0.5, 0.6) is 5.75 Å². The third-order valence-electron chi connectivity index (χ3n) is 3.03. The number of nitrogens with zero attached hydrogens (tertiary/aromatic N) is 1. The zero-order valence-electron chi connectivity index (χ0n) is 10.9. The van der Waals surface area contributed by atoms with Crippen molar-refractivity contribution in [3.63, 3.8) is 0 Å². The Kier molecular flexibility index (Phi) is 3.89. The van der Waals surface area contributed by atoms with Gasteiger partial charge in [0.25, 0.3) is 0 Å². The molecule has 5 heteroatoms. The molecular weight excluding hydrogens is 336 g/mol. The highest BCUT2D eigenvalue weighted by atomic mass is 79.9. The Balaban J connectivity index is 1.90. The van der Waals surface area contributed by atoms with Crippen LogP contribution in [0, 0.1) is 0 Å². The maximum absolute atomic E-state index is 5.28. The van der Waals surface area contributed by atoms with Crippen molar-refractivity contribution in [2.24, 2.45) is 0 Å². The summed E-state index contributed by atoms with van der Waals surface area (Å²) in [5.74, 6) is 1.72. The summed E-state index contributed by atoms with van der Waals surface area (Å²) in [6.07, 6.45) is 1.82. The first-order valence-corrected chi connectivity index (χ1v) is 7.78. The van der Waals surface area contributed by atoms with E-state index in [0.29, 0.717) is 0 Å². The average Bonchev–Trinajstić information content (AvgIpc) is 2.90. The van der Waals surface area contributed by atoms with E-state index >= 15 is 0 Å². The lowest BCUT2D eigenvalue weighted by molar-refractivity contribution is 0.415. The van der Waals surface area contributed by atoms with Crippen molar-refractivity contribution in [2.45, 2.75) is 6.54 Å². The maximum atomic E-state index is 5.28. The van der Waals surface area contributed by atoms with Crippen molar-refractivity contribution in [3.8, 4) is 5.75 Å². The molecule has 0 radical (unpaired) electrons. The summed E-state index contributed by atoms with van der Waals surface area (Å²) in [7, 11) is 1.67. The third-order valence-corrected chi connectivity index (χ3v) is 4.66. The number of hydrogen-bond donors (Lipinski definition) is 1. The number of halogens is 1. The van der Waals surface area contributed by atoms with Gasteiger partial charge in [-0.1, -0.05) is 6.07 Å². The van der Waals surface area contributed by atoms with Gasteiger partial charge in [0.2, 0.25) is 0 Å². The van der Waals surface area contributed by atoms with Crippen LogP contribution in [0.1, 0.15) is 4.88 Å². The van der Waals surface area contributed by atoms with Gasteiger partial charge in [-0.3, -0.25) is 0 Å². The number of anilines is 1. The predicted molar refractivity (Wildman–Crippen MR) is 87.6 cm³/mol. The Bertz CT molecular complexity index is 742. The summed E-state index contributed by atoms with van der Waals surface area (Å²) in [5.41, 5.74) is 0. The number of fused-ring (bicyclic) bond motifs is 1. The molecule has 0 amide bonds. The molecule has 0 atom stereocenters. The summed E-state index contributed by atoms with van der Waals surface area (Å²) >= 11 is 5.20. The highest BCUT2D eigenvalue weighted by Gasteiger charge is 2.05. The van der Waals surface area contributed by atoms with Crippen LogP contribution < -0.4 is 10.1 Å². The summed E-state index contributed by atoms with van der Waals surface area (Å²) < 4.78 is 6.42. The molecule has 20 heavy (non-hydrogen) atoms. The number of hydrogen-bond acceptors (Lipinski definition) is 4. The van der Waals surface area contributed by atoms with E-state index in [-0.39, 0.29) is 0 Å². The first kappa shape index (κ1) is 13.4. The standard InChI is InChI=1S/C15H13BrN2OS/c1-19-11-3-2-10-6-7-17-15(13(10)8-11)18-9-12-4-5-14(16)20-12/h2-8H,9H2,1H3,(H,17,18). The number of aromatic nitrogens is 1. The molecule has 0 saturated carbocycles. The van der Waals surface area contributed by atoms with Crippen LogP contribution >= 0.6 is 27.3 Å². The lowest BCUT2D eigenvalue weighted by Crippen LogP contribution is -2.00. The first-order valence-electron chi connectivity index (χ1n) is 6.17. The maximum Gasteiger partial charge on any atom is 0.134 e. The van der Waals surface area contributed by atoms with E-state index in [1.54, 1.807) is 18.4 Å². The van der Waals surface area contributed by atoms with Gasteiger partial charge in [-0.05, 0) is 51.6 Å². The fourth-order valence-corrected chi connectivity index (χ4v) is 3.46. The zero-order valence-corrected chi connectivity index (χ0v) is 13.3. The number of thiophene rings is 1. The number of methoxy groups -OCH3 is 1. The number of nitrogens with one attached hydrogen (secondary N) is 1. The van der Waals surface area contributed by atoms with Gasteiger partial charge in [-0.15, -0.1) is 11.3 Å². The fraction of sp³-hybridized carbons (Fsp3) is 0.133. The van der Waals surface area contributed by atoms with Gasteiger partial charge in [0.15, 0.2) is 0 Å². The van der Waals surface area contributed by atoms with Gasteiger partial charge in [-0.25, -0.2) is 4.98 Å². The van der Waals surface area contributed by atoms with E-state index in [1.165, 1.54) is 4.88 Å². The molecule has 2 aromatic heterocycles. The second-order valence-electron chi connectivity index (χ2n) is 4.31. The second-order valence-corrected chi connectivity index (χ2v) is 6.85. The van der Waals surface area contributed by atoms with Crippen molar-refractivity contribution >= 4 is 43.9 Å². The number of pyridine rings is 1. The van der Waals surface area contributed by atoms with E-state index in [4.69, 9.17) is 4.74 Å². The first-order chi connectivity index (χ1) is 9.76. The molecule has 0 spiro atoms. The molecule has 3 nitrogen and oxygen atoms in total. The molecule has 102 valence electrons. The van der Waals surface area contributed by atoms with E-state index < -0.39 is 0 Å². The van der Waals surface area contributed by atoms with Gasteiger partial charge in [0.05, 0.1) is 17.4 Å². The minimum atomic E-state index is 0.763. The predicted octanol–water partition coefficient (Wildman–Crippen LogP) is 4.68. The van der Waals surface area contributed by atoms with Crippen molar-refractivity contribution < 1.29 is 4.74 Å². The number of benzene rings is 1. The smallest absolute Gasteiger partial charge is 0.134 e. The topological polar surface area (TPSA) is 34.1 Å². The molecule has 3 aromatic rings. The fourth-order valence-electron chi connectivity index (χ4n) is 2.03. The summed E-state index contributed by atoms with van der Waals surface area (Å²) in [6, 6.07) is 12.2. The Morgan fingerprint density at radius 3 is 2.90 bits per heavy atom. The molecule has 3 rings (SSSR count). The molecule has 2 heterocycles. The molecule has 0 bridgehead atoms. The Hall–Kier alpha value is -1.59. The molecule has 0 aliphatic heterocycles. The molecule has 0 saturated heterocycles. The molecule has 0 aliphatic rings. The van der Waals surface area contributed by atoms with E-state index in [9.17, 15) is 0 Å². The lowest BCUT2D eigenvalue weighted by Gasteiger charge is -2.09. The van der Waals surface area contributed by atoms with E-state index in [2.05, 4.69) is 38.4 Å². The third kappa shape index (κ3) is 2.78. The van der Waals surface area contributed by atoms with E-state index in [0.717, 1.165) is 32.7 Å². The van der Waals surface area contributed by atoms with Crippen LogP contribution in [-0.4, -0.2) is 12.1 Å². The van der Waals surface area contributed by atoms with Crippen molar-refractivity contribution in [1.29, 1.82) is 0 Å².